The molecule has 0 aliphatic carbocycles. The third-order valence-corrected chi connectivity index (χ3v) is 12.6. The van der Waals surface area contributed by atoms with E-state index in [1.54, 1.807) is 0 Å². The summed E-state index contributed by atoms with van der Waals surface area (Å²) in [7, 11) is 1.66. The molecular formula is C55H105NO7P+. The van der Waals surface area contributed by atoms with E-state index < -0.39 is 13.9 Å². The van der Waals surface area contributed by atoms with Crippen LogP contribution in [-0.2, 0) is 27.9 Å². The SMILES string of the molecule is CCCCCCC/C=C\C/C=C\C/C=C\CCCCCCCCCCCOCC(COP(=O)(O)OCC[N+](C)(C)C)OC(=O)CCCCCCCCC/C=C\CCCCCCCCC. The molecule has 0 aromatic heterocycles. The van der Waals surface area contributed by atoms with Crippen LogP contribution in [0.4, 0.5) is 0 Å². The van der Waals surface area contributed by atoms with Gasteiger partial charge in [-0.2, -0.15) is 0 Å². The molecule has 0 rings (SSSR count). The number of allylic oxidation sites excluding steroid dienone is 8. The van der Waals surface area contributed by atoms with Crippen LogP contribution >= 0.6 is 7.82 Å². The summed E-state index contributed by atoms with van der Waals surface area (Å²) in [6.45, 7) is 5.62. The highest BCUT2D eigenvalue weighted by atomic mass is 31.2. The van der Waals surface area contributed by atoms with Crippen LogP contribution in [0.5, 0.6) is 0 Å². The summed E-state index contributed by atoms with van der Waals surface area (Å²) in [6, 6.07) is 0. The number of ether oxygens (including phenoxy) is 2. The molecule has 9 heteroatoms. The van der Waals surface area contributed by atoms with Crippen molar-refractivity contribution in [1.82, 2.24) is 0 Å². The summed E-state index contributed by atoms with van der Waals surface area (Å²) in [5, 5.41) is 0. The van der Waals surface area contributed by atoms with Crippen LogP contribution in [0.3, 0.4) is 0 Å². The van der Waals surface area contributed by atoms with E-state index in [2.05, 4.69) is 62.5 Å². The number of phosphoric ester groups is 1. The van der Waals surface area contributed by atoms with Gasteiger partial charge < -0.3 is 18.9 Å². The van der Waals surface area contributed by atoms with Gasteiger partial charge in [0.1, 0.15) is 19.3 Å². The van der Waals surface area contributed by atoms with Crippen molar-refractivity contribution in [3.8, 4) is 0 Å². The van der Waals surface area contributed by atoms with E-state index >= 15 is 0 Å². The molecule has 0 fully saturated rings. The highest BCUT2D eigenvalue weighted by Crippen LogP contribution is 2.43. The predicted molar refractivity (Wildman–Crippen MR) is 275 cm³/mol. The number of hydrogen-bond acceptors (Lipinski definition) is 6. The summed E-state index contributed by atoms with van der Waals surface area (Å²) in [4.78, 5) is 23.0. The monoisotopic (exact) mass is 923 g/mol. The summed E-state index contributed by atoms with van der Waals surface area (Å²) in [6.07, 6.45) is 60.1. The summed E-state index contributed by atoms with van der Waals surface area (Å²) >= 11 is 0. The Morgan fingerprint density at radius 3 is 1.30 bits per heavy atom. The molecule has 2 atom stereocenters. The molecule has 1 N–H and O–H groups in total. The van der Waals surface area contributed by atoms with E-state index in [0.29, 0.717) is 24.1 Å². The van der Waals surface area contributed by atoms with Crippen LogP contribution in [-0.4, -0.2) is 75.6 Å². The number of hydrogen-bond donors (Lipinski definition) is 1. The first-order valence-corrected chi connectivity index (χ1v) is 28.4. The largest absolute Gasteiger partial charge is 0.472 e. The molecule has 0 saturated heterocycles. The van der Waals surface area contributed by atoms with Crippen molar-refractivity contribution in [2.45, 2.75) is 245 Å². The number of phosphoric acid groups is 1. The third kappa shape index (κ3) is 51.4. The molecule has 0 spiro atoms. The van der Waals surface area contributed by atoms with Crippen LogP contribution in [0, 0.1) is 0 Å². The van der Waals surface area contributed by atoms with Crippen molar-refractivity contribution >= 4 is 13.8 Å². The fraction of sp³-hybridized carbons (Fsp3) is 0.836. The number of quaternary nitrogens is 1. The van der Waals surface area contributed by atoms with Crippen molar-refractivity contribution in [1.29, 1.82) is 0 Å². The van der Waals surface area contributed by atoms with E-state index in [1.165, 1.54) is 173 Å². The van der Waals surface area contributed by atoms with Gasteiger partial charge in [0, 0.05) is 13.0 Å². The average molecular weight is 923 g/mol. The third-order valence-electron chi connectivity index (χ3n) is 11.6. The van der Waals surface area contributed by atoms with Gasteiger partial charge in [-0.1, -0.05) is 204 Å². The zero-order valence-electron chi connectivity index (χ0n) is 42.8. The van der Waals surface area contributed by atoms with Gasteiger partial charge in [0.15, 0.2) is 0 Å². The molecule has 0 bridgehead atoms. The Morgan fingerprint density at radius 2 is 0.859 bits per heavy atom. The number of nitrogens with zero attached hydrogens (tertiary/aromatic N) is 1. The van der Waals surface area contributed by atoms with Gasteiger partial charge in [0.05, 0.1) is 34.4 Å². The average Bonchev–Trinajstić information content (AvgIpc) is 3.25. The van der Waals surface area contributed by atoms with Gasteiger partial charge in [-0.3, -0.25) is 13.8 Å². The molecule has 0 saturated carbocycles. The topological polar surface area (TPSA) is 91.3 Å². The Hall–Kier alpha value is -1.54. The molecule has 0 radical (unpaired) electrons. The lowest BCUT2D eigenvalue weighted by atomic mass is 10.1. The van der Waals surface area contributed by atoms with Gasteiger partial charge >= 0.3 is 13.8 Å². The van der Waals surface area contributed by atoms with E-state index in [4.69, 9.17) is 18.5 Å². The van der Waals surface area contributed by atoms with E-state index in [9.17, 15) is 14.3 Å². The quantitative estimate of drug-likeness (QED) is 0.0214. The first-order chi connectivity index (χ1) is 31.1. The van der Waals surface area contributed by atoms with Crippen LogP contribution in [0.1, 0.15) is 239 Å². The van der Waals surface area contributed by atoms with Crippen molar-refractivity contribution in [3.05, 3.63) is 48.6 Å². The fourth-order valence-electron chi connectivity index (χ4n) is 7.44. The fourth-order valence-corrected chi connectivity index (χ4v) is 8.18. The van der Waals surface area contributed by atoms with Gasteiger partial charge in [-0.25, -0.2) is 4.57 Å². The van der Waals surface area contributed by atoms with Crippen molar-refractivity contribution in [2.24, 2.45) is 0 Å². The smallest absolute Gasteiger partial charge is 0.457 e. The molecule has 8 nitrogen and oxygen atoms in total. The van der Waals surface area contributed by atoms with Crippen LogP contribution in [0.25, 0.3) is 0 Å². The summed E-state index contributed by atoms with van der Waals surface area (Å²) < 4.78 is 35.2. The van der Waals surface area contributed by atoms with Crippen LogP contribution in [0.2, 0.25) is 0 Å². The highest BCUT2D eigenvalue weighted by Gasteiger charge is 2.26. The lowest BCUT2D eigenvalue weighted by molar-refractivity contribution is -0.870. The van der Waals surface area contributed by atoms with Crippen molar-refractivity contribution < 1.29 is 37.3 Å². The van der Waals surface area contributed by atoms with E-state index in [0.717, 1.165) is 44.9 Å². The van der Waals surface area contributed by atoms with E-state index in [1.807, 2.05) is 21.1 Å². The maximum Gasteiger partial charge on any atom is 0.472 e. The van der Waals surface area contributed by atoms with Gasteiger partial charge in [0.2, 0.25) is 0 Å². The number of rotatable bonds is 50. The standard InChI is InChI=1S/C55H104NO7P/c1-6-8-10-12-14-16-18-20-22-24-26-27-28-29-30-31-33-35-37-39-41-43-45-47-50-60-52-54(53-62-64(58,59)61-51-49-56(3,4)5)63-55(57)48-46-44-42-40-38-36-34-32-25-23-21-19-17-15-13-11-9-7-2/h18,20,23-26,28-29,54H,6-17,19,21-22,27,30-53H2,1-5H3/p+1/b20-18-,25-23-,26-24-,29-28-. The summed E-state index contributed by atoms with van der Waals surface area (Å²) in [5.74, 6) is -0.319. The molecule has 64 heavy (non-hydrogen) atoms. The Kier molecular flexibility index (Phi) is 46.8. The molecule has 376 valence electrons. The Morgan fingerprint density at radius 1 is 0.484 bits per heavy atom. The molecule has 0 aromatic rings. The van der Waals surface area contributed by atoms with Gasteiger partial charge in [-0.15, -0.1) is 0 Å². The van der Waals surface area contributed by atoms with Crippen LogP contribution < -0.4 is 0 Å². The van der Waals surface area contributed by atoms with Crippen LogP contribution in [0.15, 0.2) is 48.6 Å². The lowest BCUT2D eigenvalue weighted by Gasteiger charge is -2.24. The minimum atomic E-state index is -4.29. The molecule has 2 unspecified atom stereocenters. The number of carbonyl (C=O) groups excluding carboxylic acids is 1. The second-order valence-electron chi connectivity index (χ2n) is 19.3. The normalized spacial score (nSPS) is 13.9. The number of unbranched alkanes of at least 4 members (excludes halogenated alkanes) is 28. The minimum absolute atomic E-state index is 0.0858. The maximum atomic E-state index is 12.8. The lowest BCUT2D eigenvalue weighted by Crippen LogP contribution is -2.37. The Balaban J connectivity index is 4.13. The van der Waals surface area contributed by atoms with Gasteiger partial charge in [-0.05, 0) is 77.0 Å². The molecule has 0 amide bonds. The second-order valence-corrected chi connectivity index (χ2v) is 20.7. The molecule has 0 aromatic carbocycles. The zero-order valence-corrected chi connectivity index (χ0v) is 43.7. The molecule has 0 aliphatic rings. The molecule has 0 heterocycles. The Bertz CT molecular complexity index is 1160. The van der Waals surface area contributed by atoms with Crippen molar-refractivity contribution in [2.75, 3.05) is 54.1 Å². The molecule has 0 aliphatic heterocycles. The van der Waals surface area contributed by atoms with Gasteiger partial charge in [0.25, 0.3) is 0 Å². The predicted octanol–water partition coefficient (Wildman–Crippen LogP) is 16.7. The van der Waals surface area contributed by atoms with E-state index in [-0.39, 0.29) is 25.8 Å². The zero-order chi connectivity index (χ0) is 46.9. The summed E-state index contributed by atoms with van der Waals surface area (Å²) in [5.41, 5.74) is 0. The molecular weight excluding hydrogens is 818 g/mol. The second kappa shape index (κ2) is 47.9. The maximum absolute atomic E-state index is 12.8. The number of carbonyl (C=O) groups is 1. The highest BCUT2D eigenvalue weighted by molar-refractivity contribution is 7.47. The first kappa shape index (κ1) is 62.5. The number of esters is 1. The van der Waals surface area contributed by atoms with Crippen molar-refractivity contribution in [3.63, 3.8) is 0 Å². The first-order valence-electron chi connectivity index (χ1n) is 26.9. The Labute approximate surface area is 397 Å². The number of likely N-dealkylation sites (N-methyl/N-ethyl adjacent to an activating group) is 1. The minimum Gasteiger partial charge on any atom is -0.457 e.